The van der Waals surface area contributed by atoms with Gasteiger partial charge in [-0.2, -0.15) is 0 Å². The van der Waals surface area contributed by atoms with Crippen LogP contribution in [0.15, 0.2) is 18.2 Å². The zero-order valence-corrected chi connectivity index (χ0v) is 10.7. The summed E-state index contributed by atoms with van der Waals surface area (Å²) in [5, 5.41) is 0. The predicted molar refractivity (Wildman–Crippen MR) is 69.3 cm³/mol. The van der Waals surface area contributed by atoms with Crippen LogP contribution in [0.4, 0.5) is 8.78 Å². The van der Waals surface area contributed by atoms with Crippen molar-refractivity contribution in [3.05, 3.63) is 41.0 Å². The summed E-state index contributed by atoms with van der Waals surface area (Å²) >= 11 is 0. The van der Waals surface area contributed by atoms with Crippen molar-refractivity contribution in [2.75, 3.05) is 19.6 Å². The molecule has 1 heterocycles. The molecule has 2 N–H and O–H groups in total. The van der Waals surface area contributed by atoms with E-state index in [0.29, 0.717) is 30.6 Å². The van der Waals surface area contributed by atoms with Crippen molar-refractivity contribution in [1.29, 1.82) is 0 Å². The monoisotopic (exact) mass is 266 g/mol. The lowest BCUT2D eigenvalue weighted by atomic mass is 9.95. The maximum absolute atomic E-state index is 13.8. The fraction of sp³-hybridized carbons (Fsp3) is 0.357. The first-order valence-corrected chi connectivity index (χ1v) is 6.13. The van der Waals surface area contributed by atoms with Gasteiger partial charge in [0.1, 0.15) is 11.6 Å². The molecule has 0 atom stereocenters. The number of nitrogens with two attached hydrogens (primary N) is 1. The Morgan fingerprint density at radius 1 is 1.42 bits per heavy atom. The molecule has 0 unspecified atom stereocenters. The number of benzene rings is 1. The van der Waals surface area contributed by atoms with E-state index in [1.807, 2.05) is 11.0 Å². The van der Waals surface area contributed by atoms with E-state index in [1.165, 1.54) is 6.07 Å². The molecule has 1 aromatic rings. The molecule has 0 bridgehead atoms. The second-order valence-electron chi connectivity index (χ2n) is 4.76. The van der Waals surface area contributed by atoms with Crippen LogP contribution in [0.3, 0.4) is 0 Å². The van der Waals surface area contributed by atoms with E-state index in [-0.39, 0.29) is 12.5 Å². The third-order valence-electron chi connectivity index (χ3n) is 3.25. The molecule has 1 aromatic carbocycles. The van der Waals surface area contributed by atoms with E-state index < -0.39 is 11.6 Å². The van der Waals surface area contributed by atoms with Crippen molar-refractivity contribution >= 4 is 11.5 Å². The van der Waals surface area contributed by atoms with Crippen LogP contribution in [0.5, 0.6) is 0 Å². The van der Waals surface area contributed by atoms with E-state index in [0.717, 1.165) is 11.6 Å². The largest absolute Gasteiger partial charge is 0.369 e. The fourth-order valence-corrected chi connectivity index (χ4v) is 2.41. The third-order valence-corrected chi connectivity index (χ3v) is 3.25. The first-order valence-electron chi connectivity index (χ1n) is 6.13. The number of carbonyl (C=O) groups is 1. The number of carbonyl (C=O) groups excluding carboxylic acids is 1. The van der Waals surface area contributed by atoms with Crippen molar-refractivity contribution in [1.82, 2.24) is 4.90 Å². The standard InChI is InChI=1S/C14H16F2N2O/c1-9-6-11(15)7-12(16)14(9)10-2-4-18(5-3-10)8-13(17)19/h2,6-7H,3-5,8H2,1H3,(H2,17,19). The Morgan fingerprint density at radius 2 is 2.16 bits per heavy atom. The Morgan fingerprint density at radius 3 is 2.68 bits per heavy atom. The fourth-order valence-electron chi connectivity index (χ4n) is 2.41. The van der Waals surface area contributed by atoms with Gasteiger partial charge in [-0.15, -0.1) is 0 Å². The second-order valence-corrected chi connectivity index (χ2v) is 4.76. The molecule has 0 aromatic heterocycles. The molecule has 1 aliphatic rings. The van der Waals surface area contributed by atoms with E-state index in [2.05, 4.69) is 0 Å². The molecule has 102 valence electrons. The van der Waals surface area contributed by atoms with Crippen LogP contribution in [-0.4, -0.2) is 30.4 Å². The van der Waals surface area contributed by atoms with Crippen LogP contribution in [0.1, 0.15) is 17.5 Å². The highest BCUT2D eigenvalue weighted by atomic mass is 19.1. The first-order chi connectivity index (χ1) is 8.97. The maximum atomic E-state index is 13.8. The lowest BCUT2D eigenvalue weighted by Crippen LogP contribution is -2.36. The molecule has 1 amide bonds. The molecule has 0 saturated carbocycles. The van der Waals surface area contributed by atoms with Crippen LogP contribution < -0.4 is 5.73 Å². The highest BCUT2D eigenvalue weighted by molar-refractivity contribution is 5.76. The van der Waals surface area contributed by atoms with Gasteiger partial charge in [0.15, 0.2) is 0 Å². The number of aryl methyl sites for hydroxylation is 1. The normalized spacial score (nSPS) is 16.3. The van der Waals surface area contributed by atoms with Crippen LogP contribution in [0, 0.1) is 18.6 Å². The van der Waals surface area contributed by atoms with Gasteiger partial charge >= 0.3 is 0 Å². The Hall–Kier alpha value is -1.75. The molecule has 0 saturated heterocycles. The Bertz CT molecular complexity index is 517. The van der Waals surface area contributed by atoms with Crippen molar-refractivity contribution < 1.29 is 13.6 Å². The van der Waals surface area contributed by atoms with E-state index >= 15 is 0 Å². The quantitative estimate of drug-likeness (QED) is 0.907. The van der Waals surface area contributed by atoms with E-state index in [1.54, 1.807) is 6.92 Å². The number of halogens is 2. The van der Waals surface area contributed by atoms with Gasteiger partial charge in [0, 0.05) is 24.7 Å². The maximum Gasteiger partial charge on any atom is 0.231 e. The number of nitrogens with zero attached hydrogens (tertiary/aromatic N) is 1. The molecule has 0 radical (unpaired) electrons. The van der Waals surface area contributed by atoms with Crippen molar-refractivity contribution in [3.63, 3.8) is 0 Å². The van der Waals surface area contributed by atoms with Crippen LogP contribution in [0.2, 0.25) is 0 Å². The number of rotatable bonds is 3. The molecule has 5 heteroatoms. The van der Waals surface area contributed by atoms with E-state index in [9.17, 15) is 13.6 Å². The minimum absolute atomic E-state index is 0.203. The van der Waals surface area contributed by atoms with Crippen LogP contribution >= 0.6 is 0 Å². The van der Waals surface area contributed by atoms with Gasteiger partial charge in [-0.05, 0) is 30.5 Å². The number of amides is 1. The smallest absolute Gasteiger partial charge is 0.231 e. The summed E-state index contributed by atoms with van der Waals surface area (Å²) in [6.07, 6.45) is 2.49. The zero-order valence-electron chi connectivity index (χ0n) is 10.7. The average molecular weight is 266 g/mol. The third kappa shape index (κ3) is 3.17. The molecular formula is C14H16F2N2O. The van der Waals surface area contributed by atoms with Crippen molar-refractivity contribution in [2.24, 2.45) is 5.73 Å². The summed E-state index contributed by atoms with van der Waals surface area (Å²) < 4.78 is 26.9. The minimum Gasteiger partial charge on any atom is -0.369 e. The van der Waals surface area contributed by atoms with Gasteiger partial charge in [0.2, 0.25) is 5.91 Å². The van der Waals surface area contributed by atoms with Gasteiger partial charge in [0.05, 0.1) is 6.54 Å². The van der Waals surface area contributed by atoms with Gasteiger partial charge in [-0.1, -0.05) is 6.08 Å². The van der Waals surface area contributed by atoms with Gasteiger partial charge in [0.25, 0.3) is 0 Å². The summed E-state index contributed by atoms with van der Waals surface area (Å²) in [6.45, 7) is 3.09. The zero-order chi connectivity index (χ0) is 14.0. The molecule has 0 aliphatic carbocycles. The van der Waals surface area contributed by atoms with Gasteiger partial charge in [-0.3, -0.25) is 9.69 Å². The van der Waals surface area contributed by atoms with Gasteiger partial charge < -0.3 is 5.73 Å². The summed E-state index contributed by atoms with van der Waals surface area (Å²) in [5.74, 6) is -1.47. The summed E-state index contributed by atoms with van der Waals surface area (Å²) in [6, 6.07) is 2.23. The van der Waals surface area contributed by atoms with Crippen LogP contribution in [-0.2, 0) is 4.79 Å². The molecule has 3 nitrogen and oxygen atoms in total. The average Bonchev–Trinajstić information content (AvgIpc) is 2.29. The SMILES string of the molecule is Cc1cc(F)cc(F)c1C1=CCN(CC(N)=O)CC1. The molecule has 2 rings (SSSR count). The minimum atomic E-state index is -0.564. The van der Waals surface area contributed by atoms with E-state index in [4.69, 9.17) is 5.73 Å². The van der Waals surface area contributed by atoms with Crippen molar-refractivity contribution in [3.8, 4) is 0 Å². The predicted octanol–water partition coefficient (Wildman–Crippen LogP) is 1.85. The molecular weight excluding hydrogens is 250 g/mol. The Balaban J connectivity index is 2.21. The highest BCUT2D eigenvalue weighted by Crippen LogP contribution is 2.28. The number of primary amides is 1. The summed E-state index contributed by atoms with van der Waals surface area (Å²) in [7, 11) is 0. The highest BCUT2D eigenvalue weighted by Gasteiger charge is 2.18. The summed E-state index contributed by atoms with van der Waals surface area (Å²) in [5.41, 5.74) is 7.05. The Kier molecular flexibility index (Phi) is 3.95. The summed E-state index contributed by atoms with van der Waals surface area (Å²) in [4.78, 5) is 12.7. The lowest BCUT2D eigenvalue weighted by Gasteiger charge is -2.25. The second kappa shape index (κ2) is 5.48. The van der Waals surface area contributed by atoms with Gasteiger partial charge in [-0.25, -0.2) is 8.78 Å². The van der Waals surface area contributed by atoms with Crippen molar-refractivity contribution in [2.45, 2.75) is 13.3 Å². The molecule has 0 fully saturated rings. The number of hydrogen-bond donors (Lipinski definition) is 1. The number of hydrogen-bond acceptors (Lipinski definition) is 2. The molecule has 0 spiro atoms. The molecule has 1 aliphatic heterocycles. The topological polar surface area (TPSA) is 46.3 Å². The Labute approximate surface area is 110 Å². The first kappa shape index (κ1) is 13.7. The lowest BCUT2D eigenvalue weighted by molar-refractivity contribution is -0.119. The molecule has 19 heavy (non-hydrogen) atoms. The van der Waals surface area contributed by atoms with Crippen LogP contribution in [0.25, 0.3) is 5.57 Å².